The maximum atomic E-state index is 5.87. The molecular weight excluding hydrogens is 174 g/mol. The number of piperidine rings is 1. The first-order valence-corrected chi connectivity index (χ1v) is 5.35. The first kappa shape index (κ1) is 8.45. The normalized spacial score (nSPS) is 30.6. The van der Waals surface area contributed by atoms with E-state index < -0.39 is 0 Å². The zero-order valence-electron chi connectivity index (χ0n) is 8.20. The maximum absolute atomic E-state index is 5.87. The average molecular weight is 189 g/mol. The van der Waals surface area contributed by atoms with Gasteiger partial charge in [-0.25, -0.2) is 0 Å². The quantitative estimate of drug-likeness (QED) is 0.670. The number of ether oxygens (including phenoxy) is 1. The first-order valence-electron chi connectivity index (χ1n) is 5.35. The predicted molar refractivity (Wildman–Crippen MR) is 55.2 cm³/mol. The van der Waals surface area contributed by atoms with Gasteiger partial charge in [0, 0.05) is 12.5 Å². The molecule has 0 aromatic heterocycles. The van der Waals surface area contributed by atoms with Crippen molar-refractivity contribution in [1.82, 2.24) is 5.32 Å². The molecule has 1 aromatic rings. The van der Waals surface area contributed by atoms with Crippen LogP contribution in [0.2, 0.25) is 0 Å². The number of benzene rings is 1. The molecule has 14 heavy (non-hydrogen) atoms. The third-order valence-electron chi connectivity index (χ3n) is 3.33. The number of nitrogens with one attached hydrogen (secondary N) is 1. The lowest BCUT2D eigenvalue weighted by molar-refractivity contribution is -0.00680. The number of hydrogen-bond donors (Lipinski definition) is 1. The van der Waals surface area contributed by atoms with E-state index in [0.717, 1.165) is 26.1 Å². The van der Waals surface area contributed by atoms with E-state index in [0.29, 0.717) is 12.0 Å². The van der Waals surface area contributed by atoms with Gasteiger partial charge in [-0.1, -0.05) is 24.3 Å². The van der Waals surface area contributed by atoms with Crippen molar-refractivity contribution in [3.63, 3.8) is 0 Å². The Labute approximate surface area is 84.3 Å². The Morgan fingerprint density at radius 2 is 2.21 bits per heavy atom. The summed E-state index contributed by atoms with van der Waals surface area (Å²) in [7, 11) is 0. The second-order valence-electron chi connectivity index (χ2n) is 4.15. The van der Waals surface area contributed by atoms with E-state index in [1.54, 1.807) is 0 Å². The van der Waals surface area contributed by atoms with Gasteiger partial charge < -0.3 is 10.1 Å². The lowest BCUT2D eigenvalue weighted by Crippen LogP contribution is -2.42. The summed E-state index contributed by atoms with van der Waals surface area (Å²) in [6.45, 7) is 2.97. The smallest absolute Gasteiger partial charge is 0.0723 e. The molecule has 0 bridgehead atoms. The van der Waals surface area contributed by atoms with Gasteiger partial charge in [0.05, 0.1) is 12.7 Å². The van der Waals surface area contributed by atoms with Gasteiger partial charge in [-0.3, -0.25) is 0 Å². The van der Waals surface area contributed by atoms with Crippen molar-refractivity contribution < 1.29 is 4.74 Å². The summed E-state index contributed by atoms with van der Waals surface area (Å²) < 4.78 is 5.87. The van der Waals surface area contributed by atoms with Crippen LogP contribution in [-0.4, -0.2) is 19.2 Å². The minimum atomic E-state index is 0.450. The van der Waals surface area contributed by atoms with Crippen molar-refractivity contribution >= 4 is 0 Å². The fourth-order valence-corrected chi connectivity index (χ4v) is 2.57. The molecule has 0 unspecified atom stereocenters. The number of fused-ring (bicyclic) bond motifs is 3. The van der Waals surface area contributed by atoms with Gasteiger partial charge in [0.15, 0.2) is 0 Å². The highest BCUT2D eigenvalue weighted by Gasteiger charge is 2.31. The van der Waals surface area contributed by atoms with Gasteiger partial charge in [-0.2, -0.15) is 0 Å². The minimum absolute atomic E-state index is 0.450. The fraction of sp³-hybridized carbons (Fsp3) is 0.500. The molecule has 0 saturated carbocycles. The van der Waals surface area contributed by atoms with Gasteiger partial charge in [-0.15, -0.1) is 0 Å². The van der Waals surface area contributed by atoms with Crippen LogP contribution in [0.25, 0.3) is 0 Å². The topological polar surface area (TPSA) is 21.3 Å². The summed E-state index contributed by atoms with van der Waals surface area (Å²) in [5.41, 5.74) is 2.87. The lowest BCUT2D eigenvalue weighted by atomic mass is 9.84. The van der Waals surface area contributed by atoms with Gasteiger partial charge >= 0.3 is 0 Å². The third-order valence-corrected chi connectivity index (χ3v) is 3.33. The van der Waals surface area contributed by atoms with Crippen LogP contribution < -0.4 is 5.32 Å². The number of rotatable bonds is 0. The molecule has 74 valence electrons. The Bertz CT molecular complexity index is 337. The van der Waals surface area contributed by atoms with E-state index in [-0.39, 0.29) is 0 Å². The highest BCUT2D eigenvalue weighted by Crippen LogP contribution is 2.33. The summed E-state index contributed by atoms with van der Waals surface area (Å²) in [5.74, 6) is 0.577. The van der Waals surface area contributed by atoms with E-state index in [2.05, 4.69) is 29.6 Å². The van der Waals surface area contributed by atoms with Gasteiger partial charge in [0.1, 0.15) is 0 Å². The van der Waals surface area contributed by atoms with Crippen LogP contribution in [0.3, 0.4) is 0 Å². The first-order chi connectivity index (χ1) is 6.95. The average Bonchev–Trinajstić information content (AvgIpc) is 2.29. The molecule has 2 heterocycles. The Morgan fingerprint density at radius 3 is 3.21 bits per heavy atom. The van der Waals surface area contributed by atoms with Crippen molar-refractivity contribution in [2.24, 2.45) is 0 Å². The highest BCUT2D eigenvalue weighted by molar-refractivity contribution is 5.33. The summed E-state index contributed by atoms with van der Waals surface area (Å²) in [6.07, 6.45) is 1.60. The van der Waals surface area contributed by atoms with Crippen LogP contribution in [0.5, 0.6) is 0 Å². The molecule has 2 heteroatoms. The van der Waals surface area contributed by atoms with Crippen LogP contribution in [0, 0.1) is 0 Å². The van der Waals surface area contributed by atoms with Crippen LogP contribution >= 0.6 is 0 Å². The van der Waals surface area contributed by atoms with E-state index in [1.165, 1.54) is 11.1 Å². The molecule has 1 N–H and O–H groups in total. The van der Waals surface area contributed by atoms with Crippen molar-refractivity contribution in [1.29, 1.82) is 0 Å². The molecule has 1 aromatic carbocycles. The fourth-order valence-electron chi connectivity index (χ4n) is 2.57. The highest BCUT2D eigenvalue weighted by atomic mass is 16.5. The summed E-state index contributed by atoms with van der Waals surface area (Å²) in [4.78, 5) is 0. The van der Waals surface area contributed by atoms with E-state index >= 15 is 0 Å². The zero-order chi connectivity index (χ0) is 9.38. The van der Waals surface area contributed by atoms with Gasteiger partial charge in [-0.05, 0) is 24.1 Å². The van der Waals surface area contributed by atoms with E-state index in [4.69, 9.17) is 4.74 Å². The molecule has 0 spiro atoms. The van der Waals surface area contributed by atoms with Crippen molar-refractivity contribution in [3.05, 3.63) is 35.4 Å². The summed E-state index contributed by atoms with van der Waals surface area (Å²) in [5, 5.41) is 3.44. The molecule has 0 aliphatic carbocycles. The maximum Gasteiger partial charge on any atom is 0.0723 e. The Hall–Kier alpha value is -0.860. The minimum Gasteiger partial charge on any atom is -0.373 e. The molecule has 1 fully saturated rings. The summed E-state index contributed by atoms with van der Waals surface area (Å²) >= 11 is 0. The largest absolute Gasteiger partial charge is 0.373 e. The summed E-state index contributed by atoms with van der Waals surface area (Å²) in [6, 6.07) is 8.66. The Balaban J connectivity index is 1.99. The van der Waals surface area contributed by atoms with Gasteiger partial charge in [0.2, 0.25) is 0 Å². The molecule has 2 aliphatic rings. The predicted octanol–water partition coefficient (Wildman–Crippen LogP) is 1.66. The Morgan fingerprint density at radius 1 is 1.29 bits per heavy atom. The van der Waals surface area contributed by atoms with Crippen LogP contribution in [0.4, 0.5) is 0 Å². The SMILES string of the molecule is c1ccc2c(c1)CO[C@@H]1CCNC[C@H]21. The van der Waals surface area contributed by atoms with Crippen LogP contribution in [-0.2, 0) is 11.3 Å². The second-order valence-corrected chi connectivity index (χ2v) is 4.15. The molecule has 2 atom stereocenters. The van der Waals surface area contributed by atoms with Crippen LogP contribution in [0.1, 0.15) is 23.5 Å². The van der Waals surface area contributed by atoms with Crippen LogP contribution in [0.15, 0.2) is 24.3 Å². The molecule has 1 saturated heterocycles. The molecule has 3 rings (SSSR count). The zero-order valence-corrected chi connectivity index (χ0v) is 8.20. The second kappa shape index (κ2) is 3.37. The van der Waals surface area contributed by atoms with E-state index in [9.17, 15) is 0 Å². The van der Waals surface area contributed by atoms with Gasteiger partial charge in [0.25, 0.3) is 0 Å². The molecule has 0 radical (unpaired) electrons. The standard InChI is InChI=1S/C12H15NO/c1-2-4-10-9(3-1)8-14-12-5-6-13-7-11(10)12/h1-4,11-13H,5-8H2/t11-,12-/m1/s1. The van der Waals surface area contributed by atoms with E-state index in [1.807, 2.05) is 0 Å². The van der Waals surface area contributed by atoms with Crippen molar-refractivity contribution in [2.75, 3.05) is 13.1 Å². The lowest BCUT2D eigenvalue weighted by Gasteiger charge is -2.37. The molecule has 2 aliphatic heterocycles. The molecule has 2 nitrogen and oxygen atoms in total. The number of hydrogen-bond acceptors (Lipinski definition) is 2. The third kappa shape index (κ3) is 1.26. The molecular formula is C12H15NO. The Kier molecular flexibility index (Phi) is 2.03. The van der Waals surface area contributed by atoms with Crippen molar-refractivity contribution in [2.45, 2.75) is 25.0 Å². The monoisotopic (exact) mass is 189 g/mol. The molecule has 0 amide bonds. The van der Waals surface area contributed by atoms with Crippen molar-refractivity contribution in [3.8, 4) is 0 Å².